The first kappa shape index (κ1) is 18.0. The third-order valence-corrected chi connectivity index (χ3v) is 6.66. The first-order valence-electron chi connectivity index (χ1n) is 8.86. The Morgan fingerprint density at radius 1 is 1.15 bits per heavy atom. The molecule has 0 aliphatic carbocycles. The fourth-order valence-corrected chi connectivity index (χ4v) is 5.27. The standard InChI is InChI=1S/C24H20BrNS/c1-4-6-9-16(5-2)17-12-13-19-21(14-17)26(3)24(23(19)25)20-15-27-22-11-8-7-10-18(20)22/h4-15H,2H2,1,3H3/b6-4-,16-9+. The lowest BCUT2D eigenvalue weighted by Crippen LogP contribution is -1.91. The molecule has 2 aromatic heterocycles. The summed E-state index contributed by atoms with van der Waals surface area (Å²) in [4.78, 5) is 0. The minimum absolute atomic E-state index is 1.12. The van der Waals surface area contributed by atoms with Gasteiger partial charge in [-0.15, -0.1) is 11.3 Å². The third-order valence-electron chi connectivity index (χ3n) is 4.90. The summed E-state index contributed by atoms with van der Waals surface area (Å²) in [6, 6.07) is 15.2. The molecule has 0 amide bonds. The van der Waals surface area contributed by atoms with Crippen molar-refractivity contribution < 1.29 is 0 Å². The molecule has 0 unspecified atom stereocenters. The lowest BCUT2D eigenvalue weighted by Gasteiger charge is -2.06. The molecule has 2 heterocycles. The molecule has 3 heteroatoms. The van der Waals surface area contributed by atoms with E-state index < -0.39 is 0 Å². The summed E-state index contributed by atoms with van der Waals surface area (Å²) in [6.45, 7) is 5.99. The smallest absolute Gasteiger partial charge is 0.0647 e. The zero-order valence-electron chi connectivity index (χ0n) is 15.4. The lowest BCUT2D eigenvalue weighted by molar-refractivity contribution is 0.978. The van der Waals surface area contributed by atoms with Crippen molar-refractivity contribution in [3.05, 3.63) is 88.8 Å². The van der Waals surface area contributed by atoms with Gasteiger partial charge in [0.25, 0.3) is 0 Å². The summed E-state index contributed by atoms with van der Waals surface area (Å²) in [5, 5.41) is 4.78. The number of fused-ring (bicyclic) bond motifs is 2. The quantitative estimate of drug-likeness (QED) is 0.287. The molecule has 0 aliphatic rings. The van der Waals surface area contributed by atoms with E-state index in [1.807, 2.05) is 25.2 Å². The number of rotatable bonds is 4. The first-order valence-corrected chi connectivity index (χ1v) is 10.5. The molecule has 4 aromatic rings. The third kappa shape index (κ3) is 3.01. The van der Waals surface area contributed by atoms with Crippen LogP contribution in [0.1, 0.15) is 12.5 Å². The number of hydrogen-bond acceptors (Lipinski definition) is 1. The van der Waals surface area contributed by atoms with Crippen molar-refractivity contribution in [2.45, 2.75) is 6.92 Å². The molecular formula is C24H20BrNS. The van der Waals surface area contributed by atoms with Gasteiger partial charge in [-0.1, -0.05) is 61.2 Å². The number of hydrogen-bond donors (Lipinski definition) is 0. The van der Waals surface area contributed by atoms with Gasteiger partial charge in [0.05, 0.1) is 15.7 Å². The molecule has 0 atom stereocenters. The van der Waals surface area contributed by atoms with E-state index in [2.05, 4.69) is 88.0 Å². The number of aryl methyl sites for hydroxylation is 1. The highest BCUT2D eigenvalue weighted by Crippen LogP contribution is 2.42. The molecule has 4 rings (SSSR count). The second kappa shape index (κ2) is 7.34. The number of nitrogens with zero attached hydrogens (tertiary/aromatic N) is 1. The summed E-state index contributed by atoms with van der Waals surface area (Å²) in [5.41, 5.74) is 5.99. The highest BCUT2D eigenvalue weighted by Gasteiger charge is 2.18. The van der Waals surface area contributed by atoms with Crippen LogP contribution in [0.15, 0.2) is 83.2 Å². The maximum absolute atomic E-state index is 3.97. The van der Waals surface area contributed by atoms with E-state index in [4.69, 9.17) is 0 Å². The van der Waals surface area contributed by atoms with Gasteiger partial charge >= 0.3 is 0 Å². The van der Waals surface area contributed by atoms with Crippen LogP contribution in [-0.2, 0) is 7.05 Å². The Bertz CT molecular complexity index is 1220. The Balaban J connectivity index is 1.95. The van der Waals surface area contributed by atoms with Crippen molar-refractivity contribution in [2.75, 3.05) is 0 Å². The van der Waals surface area contributed by atoms with Crippen LogP contribution in [0, 0.1) is 0 Å². The molecular weight excluding hydrogens is 414 g/mol. The van der Waals surface area contributed by atoms with E-state index >= 15 is 0 Å². The van der Waals surface area contributed by atoms with Gasteiger partial charge in [0, 0.05) is 33.5 Å². The minimum Gasteiger partial charge on any atom is -0.343 e. The van der Waals surface area contributed by atoms with Crippen LogP contribution in [0.2, 0.25) is 0 Å². The van der Waals surface area contributed by atoms with Crippen LogP contribution in [-0.4, -0.2) is 4.57 Å². The Kier molecular flexibility index (Phi) is 4.90. The van der Waals surface area contributed by atoms with Crippen LogP contribution in [0.25, 0.3) is 37.8 Å². The van der Waals surface area contributed by atoms with Crippen LogP contribution in [0.3, 0.4) is 0 Å². The van der Waals surface area contributed by atoms with Crippen LogP contribution >= 0.6 is 27.3 Å². The Hall–Kier alpha value is -2.36. The summed E-state index contributed by atoms with van der Waals surface area (Å²) >= 11 is 5.66. The van der Waals surface area contributed by atoms with Crippen LogP contribution < -0.4 is 0 Å². The minimum atomic E-state index is 1.12. The molecule has 2 aromatic carbocycles. The van der Waals surface area contributed by atoms with E-state index in [9.17, 15) is 0 Å². The predicted octanol–water partition coefficient (Wildman–Crippen LogP) is 7.97. The Morgan fingerprint density at radius 3 is 2.74 bits per heavy atom. The van der Waals surface area contributed by atoms with Crippen LogP contribution in [0.5, 0.6) is 0 Å². The van der Waals surface area contributed by atoms with E-state index in [0.717, 1.165) is 10.0 Å². The van der Waals surface area contributed by atoms with Crippen molar-refractivity contribution in [1.82, 2.24) is 4.57 Å². The molecule has 0 saturated carbocycles. The van der Waals surface area contributed by atoms with Gasteiger partial charge in [-0.2, -0.15) is 0 Å². The highest BCUT2D eigenvalue weighted by molar-refractivity contribution is 9.10. The van der Waals surface area contributed by atoms with Gasteiger partial charge in [-0.05, 0) is 46.1 Å². The number of thiophene rings is 1. The lowest BCUT2D eigenvalue weighted by atomic mass is 10.0. The molecule has 0 N–H and O–H groups in total. The predicted molar refractivity (Wildman–Crippen MR) is 124 cm³/mol. The largest absolute Gasteiger partial charge is 0.343 e. The Morgan fingerprint density at radius 2 is 1.96 bits per heavy atom. The molecule has 0 bridgehead atoms. The number of allylic oxidation sites excluding steroid dienone is 5. The van der Waals surface area contributed by atoms with Crippen molar-refractivity contribution in [3.63, 3.8) is 0 Å². The average molecular weight is 434 g/mol. The second-order valence-electron chi connectivity index (χ2n) is 6.45. The summed E-state index contributed by atoms with van der Waals surface area (Å²) in [5.74, 6) is 0. The van der Waals surface area contributed by atoms with Crippen molar-refractivity contribution in [2.24, 2.45) is 7.05 Å². The summed E-state index contributed by atoms with van der Waals surface area (Å²) in [6.07, 6.45) is 8.08. The van der Waals surface area contributed by atoms with Gasteiger partial charge in [0.1, 0.15) is 0 Å². The van der Waals surface area contributed by atoms with E-state index in [1.54, 1.807) is 11.3 Å². The highest BCUT2D eigenvalue weighted by atomic mass is 79.9. The first-order chi connectivity index (χ1) is 13.2. The maximum atomic E-state index is 3.97. The molecule has 134 valence electrons. The van der Waals surface area contributed by atoms with E-state index in [1.165, 1.54) is 37.8 Å². The summed E-state index contributed by atoms with van der Waals surface area (Å²) in [7, 11) is 2.14. The number of halogens is 1. The molecule has 0 radical (unpaired) electrons. The topological polar surface area (TPSA) is 4.93 Å². The molecule has 0 aliphatic heterocycles. The van der Waals surface area contributed by atoms with E-state index in [-0.39, 0.29) is 0 Å². The number of aromatic nitrogens is 1. The van der Waals surface area contributed by atoms with E-state index in [0.29, 0.717) is 0 Å². The van der Waals surface area contributed by atoms with Gasteiger partial charge < -0.3 is 4.57 Å². The number of benzene rings is 2. The van der Waals surface area contributed by atoms with Gasteiger partial charge in [-0.3, -0.25) is 0 Å². The van der Waals surface area contributed by atoms with Crippen molar-refractivity contribution in [1.29, 1.82) is 0 Å². The summed E-state index contributed by atoms with van der Waals surface area (Å²) < 4.78 is 4.74. The van der Waals surface area contributed by atoms with Gasteiger partial charge in [0.15, 0.2) is 0 Å². The molecule has 0 saturated heterocycles. The van der Waals surface area contributed by atoms with Crippen molar-refractivity contribution >= 4 is 53.8 Å². The average Bonchev–Trinajstić information content (AvgIpc) is 3.22. The zero-order chi connectivity index (χ0) is 19.0. The SMILES string of the molecule is C=C/C(=C\C=C/C)c1ccc2c(Br)c(-c3csc4ccccc34)n(C)c2c1. The molecule has 1 nitrogen and oxygen atoms in total. The second-order valence-corrected chi connectivity index (χ2v) is 8.16. The van der Waals surface area contributed by atoms with Crippen molar-refractivity contribution in [3.8, 4) is 11.3 Å². The van der Waals surface area contributed by atoms with Crippen LogP contribution in [0.4, 0.5) is 0 Å². The van der Waals surface area contributed by atoms with Gasteiger partial charge in [-0.25, -0.2) is 0 Å². The monoisotopic (exact) mass is 433 g/mol. The zero-order valence-corrected chi connectivity index (χ0v) is 17.8. The fraction of sp³-hybridized carbons (Fsp3) is 0.0833. The normalized spacial score (nSPS) is 12.5. The molecule has 0 fully saturated rings. The van der Waals surface area contributed by atoms with Gasteiger partial charge in [0.2, 0.25) is 0 Å². The maximum Gasteiger partial charge on any atom is 0.0647 e. The Labute approximate surface area is 172 Å². The fourth-order valence-electron chi connectivity index (χ4n) is 3.51. The molecule has 27 heavy (non-hydrogen) atoms. The molecule has 0 spiro atoms.